The first-order chi connectivity index (χ1) is 31.8. The van der Waals surface area contributed by atoms with E-state index in [1.54, 1.807) is 0 Å². The van der Waals surface area contributed by atoms with Crippen molar-refractivity contribution in [3.8, 4) is 38.4 Å². The fourth-order valence-electron chi connectivity index (χ4n) is 12.2. The van der Waals surface area contributed by atoms with Gasteiger partial charge in [-0.15, -0.1) is 11.3 Å². The fraction of sp³-hybridized carbons (Fsp3) is 0.180. The van der Waals surface area contributed by atoms with Crippen LogP contribution < -0.4 is 15.7 Å². The maximum atomic E-state index is 6.81. The molecule has 318 valence electrons. The van der Waals surface area contributed by atoms with Crippen molar-refractivity contribution in [2.75, 3.05) is 4.81 Å². The first-order valence-electron chi connectivity index (χ1n) is 23.5. The van der Waals surface area contributed by atoms with E-state index in [-0.39, 0.29) is 23.1 Å². The summed E-state index contributed by atoms with van der Waals surface area (Å²) in [6.45, 7) is 18.8. The predicted molar refractivity (Wildman–Crippen MR) is 283 cm³/mol. The molecule has 3 aromatic heterocycles. The summed E-state index contributed by atoms with van der Waals surface area (Å²) in [5, 5.41) is 6.28. The lowest BCUT2D eigenvalue weighted by atomic mass is 9.43. The van der Waals surface area contributed by atoms with Gasteiger partial charge in [0.15, 0.2) is 0 Å². The van der Waals surface area contributed by atoms with Gasteiger partial charge in [0.05, 0.1) is 11.0 Å². The molecule has 5 heterocycles. The Balaban J connectivity index is 1.21. The number of para-hydroxylation sites is 1. The van der Waals surface area contributed by atoms with Gasteiger partial charge in [0.2, 0.25) is 0 Å². The van der Waals surface area contributed by atoms with E-state index in [1.807, 2.05) is 11.3 Å². The summed E-state index contributed by atoms with van der Waals surface area (Å²) in [5.41, 5.74) is 22.6. The van der Waals surface area contributed by atoms with Crippen molar-refractivity contribution in [3.05, 3.63) is 174 Å². The smallest absolute Gasteiger partial charge is 0.333 e. The lowest BCUT2D eigenvalue weighted by molar-refractivity contribution is 0.590. The molecule has 11 aromatic rings. The van der Waals surface area contributed by atoms with Crippen LogP contribution in [0.5, 0.6) is 0 Å². The third-order valence-corrected chi connectivity index (χ3v) is 16.6. The molecule has 0 unspecified atom stereocenters. The van der Waals surface area contributed by atoms with Gasteiger partial charge >= 0.3 is 6.85 Å². The van der Waals surface area contributed by atoms with Gasteiger partial charge in [-0.2, -0.15) is 0 Å². The van der Waals surface area contributed by atoms with Gasteiger partial charge in [-0.05, 0) is 120 Å². The first kappa shape index (κ1) is 38.5. The Bertz CT molecular complexity index is 3920. The van der Waals surface area contributed by atoms with Crippen LogP contribution >= 0.6 is 11.3 Å². The Hall–Kier alpha value is -6.82. The van der Waals surface area contributed by atoms with Crippen LogP contribution in [0.4, 0.5) is 11.4 Å². The molecule has 0 saturated carbocycles. The lowest BCUT2D eigenvalue weighted by Gasteiger charge is -2.43. The van der Waals surface area contributed by atoms with Gasteiger partial charge in [-0.3, -0.25) is 0 Å². The van der Waals surface area contributed by atoms with E-state index in [2.05, 4.69) is 216 Å². The fourth-order valence-corrected chi connectivity index (χ4v) is 13.3. The quantitative estimate of drug-likeness (QED) is 0.161. The molecule has 0 saturated heterocycles. The minimum atomic E-state index is -0.282. The average molecular weight is 869 g/mol. The van der Waals surface area contributed by atoms with Crippen molar-refractivity contribution in [2.24, 2.45) is 0 Å². The summed E-state index contributed by atoms with van der Waals surface area (Å²) in [4.78, 5) is 3.96. The van der Waals surface area contributed by atoms with Gasteiger partial charge < -0.3 is 13.8 Å². The molecule has 8 aromatic carbocycles. The molecule has 0 N–H and O–H groups in total. The van der Waals surface area contributed by atoms with Crippen molar-refractivity contribution in [2.45, 2.75) is 71.6 Å². The monoisotopic (exact) mass is 868 g/mol. The van der Waals surface area contributed by atoms with Crippen molar-refractivity contribution in [1.82, 2.24) is 4.57 Å². The molecule has 0 amide bonds. The van der Waals surface area contributed by atoms with Crippen LogP contribution in [0.2, 0.25) is 0 Å². The van der Waals surface area contributed by atoms with Crippen LogP contribution in [-0.2, 0) is 16.2 Å². The second-order valence-electron chi connectivity index (χ2n) is 21.7. The highest BCUT2D eigenvalue weighted by Gasteiger charge is 2.50. The van der Waals surface area contributed by atoms with Gasteiger partial charge in [0, 0.05) is 65.2 Å². The Labute approximate surface area is 390 Å². The molecule has 0 spiro atoms. The highest BCUT2D eigenvalue weighted by molar-refractivity contribution is 7.22. The third kappa shape index (κ3) is 4.99. The Morgan fingerprint density at radius 2 is 1.32 bits per heavy atom. The van der Waals surface area contributed by atoms with Crippen LogP contribution in [0.15, 0.2) is 156 Å². The summed E-state index contributed by atoms with van der Waals surface area (Å²) < 4.78 is 10.8. The van der Waals surface area contributed by atoms with Gasteiger partial charge in [-0.25, -0.2) is 0 Å². The second kappa shape index (κ2) is 12.7. The highest BCUT2D eigenvalue weighted by Crippen LogP contribution is 2.59. The average Bonchev–Trinajstić information content (AvgIpc) is 4.05. The Morgan fingerprint density at radius 1 is 0.591 bits per heavy atom. The molecular formula is C61H49BN2OS. The maximum absolute atomic E-state index is 6.81. The summed E-state index contributed by atoms with van der Waals surface area (Å²) in [6.07, 6.45) is 0. The maximum Gasteiger partial charge on any atom is 0.333 e. The molecule has 0 atom stereocenters. The number of nitrogens with zero attached hydrogens (tertiary/aromatic N) is 2. The van der Waals surface area contributed by atoms with E-state index in [0.29, 0.717) is 0 Å². The number of aromatic nitrogens is 1. The number of furan rings is 1. The van der Waals surface area contributed by atoms with Crippen molar-refractivity contribution in [3.63, 3.8) is 0 Å². The van der Waals surface area contributed by atoms with E-state index in [9.17, 15) is 0 Å². The Morgan fingerprint density at radius 3 is 2.11 bits per heavy atom. The van der Waals surface area contributed by atoms with Crippen molar-refractivity contribution < 1.29 is 4.42 Å². The van der Waals surface area contributed by atoms with Gasteiger partial charge in [0.25, 0.3) is 0 Å². The van der Waals surface area contributed by atoms with E-state index < -0.39 is 0 Å². The summed E-state index contributed by atoms with van der Waals surface area (Å²) in [7, 11) is 0. The standard InChI is InChI=1S/C61H49BN2OS/c1-59(2,3)36-22-25-38(26-23-36)64-47-32-50-41(39-18-13-15-21-49(39)65-50)31-43(47)55-56-53(40-19-12-14-20-44(40)61(56,7)8)54-42-30-37(60(4,5)6)24-27-46(42)63-48-33-52-35(28-45(48)62(64)57(55)58(54)63)29-51(66-52)34-16-10-9-11-17-34/h9-33H,1-8H3. The number of rotatable bonds is 2. The number of hydrogen-bond donors (Lipinski definition) is 0. The van der Waals surface area contributed by atoms with E-state index in [1.165, 1.54) is 115 Å². The zero-order valence-corrected chi connectivity index (χ0v) is 39.5. The van der Waals surface area contributed by atoms with Crippen LogP contribution in [0, 0.1) is 0 Å². The van der Waals surface area contributed by atoms with Crippen molar-refractivity contribution in [1.29, 1.82) is 0 Å². The van der Waals surface area contributed by atoms with E-state index in [4.69, 9.17) is 4.42 Å². The second-order valence-corrected chi connectivity index (χ2v) is 22.8. The summed E-state index contributed by atoms with van der Waals surface area (Å²) in [6, 6.07) is 57.8. The van der Waals surface area contributed by atoms with Gasteiger partial charge in [-0.1, -0.05) is 152 Å². The number of benzene rings is 8. The van der Waals surface area contributed by atoms with E-state index in [0.717, 1.165) is 21.9 Å². The van der Waals surface area contributed by atoms with Crippen LogP contribution in [0.25, 0.3) is 92.2 Å². The molecule has 3 aliphatic rings. The Kier molecular flexibility index (Phi) is 7.43. The normalized spacial score (nSPS) is 14.7. The minimum absolute atomic E-state index is 0.0178. The van der Waals surface area contributed by atoms with Crippen LogP contribution in [0.3, 0.4) is 0 Å². The number of hydrogen-bond acceptors (Lipinski definition) is 3. The van der Waals surface area contributed by atoms with Crippen LogP contribution in [-0.4, -0.2) is 11.4 Å². The predicted octanol–water partition coefficient (Wildman–Crippen LogP) is 15.7. The molecule has 14 rings (SSSR count). The highest BCUT2D eigenvalue weighted by atomic mass is 32.1. The number of anilines is 2. The minimum Gasteiger partial charge on any atom is -0.456 e. The van der Waals surface area contributed by atoms with Gasteiger partial charge in [0.1, 0.15) is 11.2 Å². The molecule has 66 heavy (non-hydrogen) atoms. The molecule has 3 nitrogen and oxygen atoms in total. The molecule has 2 aliphatic heterocycles. The first-order valence-corrected chi connectivity index (χ1v) is 24.3. The molecule has 0 fully saturated rings. The molecule has 0 bridgehead atoms. The molecule has 5 heteroatoms. The van der Waals surface area contributed by atoms with E-state index >= 15 is 0 Å². The SMILES string of the molecule is CC(C)(C)c1ccc(N2B3c4cc5cc(-c6ccccc6)sc5cc4-n4c5ccc(C(C)(C)C)cc5c5c6c(c(c3c54)-c3cc4c(cc32)oc2ccccc24)C(C)(C)c2ccccc2-6)cc1. The number of thiophene rings is 1. The zero-order valence-electron chi connectivity index (χ0n) is 38.7. The third-order valence-electron chi connectivity index (χ3n) is 15.4. The summed E-state index contributed by atoms with van der Waals surface area (Å²) >= 11 is 1.90. The van der Waals surface area contributed by atoms with Crippen LogP contribution in [0.1, 0.15) is 77.6 Å². The van der Waals surface area contributed by atoms with Crippen molar-refractivity contribution >= 4 is 94.3 Å². The molecular weight excluding hydrogens is 820 g/mol. The largest absolute Gasteiger partial charge is 0.456 e. The lowest BCUT2D eigenvalue weighted by Crippen LogP contribution is -2.61. The zero-order chi connectivity index (χ0) is 44.8. The molecule has 1 aliphatic carbocycles. The number of fused-ring (bicyclic) bond motifs is 17. The summed E-state index contributed by atoms with van der Waals surface area (Å²) in [5.74, 6) is 0. The topological polar surface area (TPSA) is 21.3 Å². The molecule has 0 radical (unpaired) electrons.